The van der Waals surface area contributed by atoms with Crippen LogP contribution in [0.4, 0.5) is 0 Å². The van der Waals surface area contributed by atoms with E-state index in [1.807, 2.05) is 79.3 Å². The third kappa shape index (κ3) is 4.86. The van der Waals surface area contributed by atoms with Crippen molar-refractivity contribution < 1.29 is 4.52 Å². The molecule has 0 aliphatic rings. The smallest absolute Gasteiger partial charge is 0.278 e. The second-order valence-corrected chi connectivity index (χ2v) is 10.4. The summed E-state index contributed by atoms with van der Waals surface area (Å²) in [5, 5.41) is 4.81. The van der Waals surface area contributed by atoms with E-state index in [1.165, 1.54) is 11.8 Å². The second kappa shape index (κ2) is 10.1. The number of hydrogen-bond acceptors (Lipinski definition) is 6. The van der Waals surface area contributed by atoms with Gasteiger partial charge in [0.05, 0.1) is 5.75 Å². The minimum Gasteiger partial charge on any atom is -0.344 e. The highest BCUT2D eigenvalue weighted by atomic mass is 32.2. The van der Waals surface area contributed by atoms with Gasteiger partial charge in [-0.15, -0.1) is 0 Å². The normalized spacial score (nSPS) is 11.6. The van der Waals surface area contributed by atoms with Gasteiger partial charge in [-0.2, -0.15) is 4.98 Å². The van der Waals surface area contributed by atoms with Crippen LogP contribution in [-0.4, -0.2) is 24.3 Å². The first-order valence-corrected chi connectivity index (χ1v) is 13.1. The largest absolute Gasteiger partial charge is 0.344 e. The summed E-state index contributed by atoms with van der Waals surface area (Å²) in [6.07, 6.45) is 2.87. The molecule has 0 radical (unpaired) electrons. The van der Waals surface area contributed by atoms with Crippen LogP contribution in [0.15, 0.2) is 75.3 Å². The van der Waals surface area contributed by atoms with E-state index >= 15 is 0 Å². The monoisotopic (exact) mass is 499 g/mol. The topological polar surface area (TPSA) is 78.7 Å². The molecule has 184 valence electrons. The molecule has 3 aromatic heterocycles. The fraction of sp³-hybridized carbons (Fsp3) is 0.286. The van der Waals surface area contributed by atoms with Crippen molar-refractivity contribution in [1.82, 2.24) is 24.3 Å². The molecule has 0 spiro atoms. The second-order valence-electron chi connectivity index (χ2n) is 9.42. The molecule has 0 atom stereocenters. The van der Waals surface area contributed by atoms with Gasteiger partial charge in [-0.25, -0.2) is 4.98 Å². The first-order valence-electron chi connectivity index (χ1n) is 12.1. The summed E-state index contributed by atoms with van der Waals surface area (Å²) in [7, 11) is 1.91. The standard InChI is InChI=1S/C28H29N5O2S/c1-18(2)13-14-33-27(34)25-24(22(16-32(25)4)20-10-6-5-7-11-20)30-28(33)36-17-23-29-26(31-35-23)21-12-8-9-19(3)15-21/h5-12,15-16,18H,13-14,17H2,1-4H3. The Morgan fingerprint density at radius 1 is 1.03 bits per heavy atom. The van der Waals surface area contributed by atoms with E-state index < -0.39 is 0 Å². The molecule has 3 heterocycles. The Morgan fingerprint density at radius 2 is 1.81 bits per heavy atom. The number of hydrogen-bond donors (Lipinski definition) is 0. The summed E-state index contributed by atoms with van der Waals surface area (Å²) < 4.78 is 9.21. The molecular weight excluding hydrogens is 470 g/mol. The van der Waals surface area contributed by atoms with Crippen LogP contribution in [0.5, 0.6) is 0 Å². The summed E-state index contributed by atoms with van der Waals surface area (Å²) in [5.41, 5.74) is 5.33. The molecule has 0 saturated carbocycles. The van der Waals surface area contributed by atoms with Crippen LogP contribution < -0.4 is 5.56 Å². The molecule has 0 fully saturated rings. The molecule has 0 saturated heterocycles. The third-order valence-corrected chi connectivity index (χ3v) is 7.09. The van der Waals surface area contributed by atoms with Crippen molar-refractivity contribution in [2.75, 3.05) is 0 Å². The number of rotatable bonds is 8. The van der Waals surface area contributed by atoms with Gasteiger partial charge in [-0.05, 0) is 30.9 Å². The van der Waals surface area contributed by atoms with E-state index in [2.05, 4.69) is 24.0 Å². The summed E-state index contributed by atoms with van der Waals surface area (Å²) in [5.74, 6) is 1.94. The first kappa shape index (κ1) is 24.1. The summed E-state index contributed by atoms with van der Waals surface area (Å²) >= 11 is 1.45. The van der Waals surface area contributed by atoms with Crippen LogP contribution in [0.2, 0.25) is 0 Å². The molecule has 7 nitrogen and oxygen atoms in total. The fourth-order valence-electron chi connectivity index (χ4n) is 4.21. The number of thioether (sulfide) groups is 1. The lowest BCUT2D eigenvalue weighted by atomic mass is 10.1. The predicted molar refractivity (Wildman–Crippen MR) is 144 cm³/mol. The van der Waals surface area contributed by atoms with E-state index in [0.29, 0.717) is 46.1 Å². The van der Waals surface area contributed by atoms with Crippen molar-refractivity contribution >= 4 is 22.8 Å². The molecule has 0 aliphatic carbocycles. The van der Waals surface area contributed by atoms with Crippen LogP contribution >= 0.6 is 11.8 Å². The summed E-state index contributed by atoms with van der Waals surface area (Å²) in [6, 6.07) is 18.1. The highest BCUT2D eigenvalue weighted by Gasteiger charge is 2.20. The molecule has 5 aromatic rings. The van der Waals surface area contributed by atoms with Crippen LogP contribution in [0.1, 0.15) is 31.7 Å². The summed E-state index contributed by atoms with van der Waals surface area (Å²) in [4.78, 5) is 23.3. The molecule has 0 bridgehead atoms. The van der Waals surface area contributed by atoms with Gasteiger partial charge in [-0.1, -0.05) is 84.9 Å². The maximum absolute atomic E-state index is 13.7. The van der Waals surface area contributed by atoms with E-state index in [9.17, 15) is 4.79 Å². The van der Waals surface area contributed by atoms with E-state index in [0.717, 1.165) is 28.7 Å². The average molecular weight is 500 g/mol. The quantitative estimate of drug-likeness (QED) is 0.190. The Labute approximate surface area is 214 Å². The lowest BCUT2D eigenvalue weighted by Crippen LogP contribution is -2.25. The van der Waals surface area contributed by atoms with Gasteiger partial charge in [0, 0.05) is 30.9 Å². The van der Waals surface area contributed by atoms with Gasteiger partial charge < -0.3 is 9.09 Å². The van der Waals surface area contributed by atoms with E-state index in [1.54, 1.807) is 4.57 Å². The van der Waals surface area contributed by atoms with Crippen molar-refractivity contribution in [3.8, 4) is 22.5 Å². The van der Waals surface area contributed by atoms with Gasteiger partial charge in [0.2, 0.25) is 11.7 Å². The predicted octanol–water partition coefficient (Wildman–Crippen LogP) is 6.10. The lowest BCUT2D eigenvalue weighted by Gasteiger charge is -2.13. The molecule has 0 N–H and O–H groups in total. The van der Waals surface area contributed by atoms with Crippen LogP contribution in [0.3, 0.4) is 0 Å². The maximum Gasteiger partial charge on any atom is 0.278 e. The van der Waals surface area contributed by atoms with Gasteiger partial charge >= 0.3 is 0 Å². The lowest BCUT2D eigenvalue weighted by molar-refractivity contribution is 0.391. The zero-order valence-corrected chi connectivity index (χ0v) is 21.7. The van der Waals surface area contributed by atoms with Gasteiger partial charge in [0.1, 0.15) is 11.0 Å². The van der Waals surface area contributed by atoms with Crippen molar-refractivity contribution in [2.24, 2.45) is 13.0 Å². The Balaban J connectivity index is 1.52. The summed E-state index contributed by atoms with van der Waals surface area (Å²) in [6.45, 7) is 6.95. The molecule has 0 unspecified atom stereocenters. The van der Waals surface area contributed by atoms with Gasteiger partial charge in [-0.3, -0.25) is 9.36 Å². The molecule has 0 amide bonds. The number of nitrogens with zero attached hydrogens (tertiary/aromatic N) is 5. The molecule has 8 heteroatoms. The maximum atomic E-state index is 13.7. The van der Waals surface area contributed by atoms with Gasteiger partial charge in [0.25, 0.3) is 5.56 Å². The minimum atomic E-state index is -0.0289. The van der Waals surface area contributed by atoms with E-state index in [-0.39, 0.29) is 5.56 Å². The Morgan fingerprint density at radius 3 is 2.56 bits per heavy atom. The van der Waals surface area contributed by atoms with Crippen molar-refractivity contribution in [2.45, 2.75) is 44.6 Å². The molecule has 2 aromatic carbocycles. The molecule has 36 heavy (non-hydrogen) atoms. The molecular formula is C28H29N5O2S. The van der Waals surface area contributed by atoms with Crippen LogP contribution in [0, 0.1) is 12.8 Å². The zero-order valence-electron chi connectivity index (χ0n) is 20.9. The Kier molecular flexibility index (Phi) is 6.78. The minimum absolute atomic E-state index is 0.0289. The fourth-order valence-corrected chi connectivity index (χ4v) is 5.07. The first-order chi connectivity index (χ1) is 17.4. The van der Waals surface area contributed by atoms with Crippen molar-refractivity contribution in [3.05, 3.63) is 82.6 Å². The van der Waals surface area contributed by atoms with Crippen LogP contribution in [-0.2, 0) is 19.3 Å². The molecule has 5 rings (SSSR count). The van der Waals surface area contributed by atoms with E-state index in [4.69, 9.17) is 9.51 Å². The average Bonchev–Trinajstić information content (AvgIpc) is 3.47. The molecule has 0 aliphatic heterocycles. The highest BCUT2D eigenvalue weighted by molar-refractivity contribution is 7.98. The number of aromatic nitrogens is 5. The number of aryl methyl sites for hydroxylation is 2. The van der Waals surface area contributed by atoms with Crippen LogP contribution in [0.25, 0.3) is 33.5 Å². The Hall–Kier alpha value is -3.65. The highest BCUT2D eigenvalue weighted by Crippen LogP contribution is 2.30. The Bertz CT molecular complexity index is 1570. The zero-order chi connectivity index (χ0) is 25.2. The van der Waals surface area contributed by atoms with Gasteiger partial charge in [0.15, 0.2) is 5.16 Å². The third-order valence-electron chi connectivity index (χ3n) is 6.12. The number of benzene rings is 2. The van der Waals surface area contributed by atoms with Crippen molar-refractivity contribution in [3.63, 3.8) is 0 Å². The number of fused-ring (bicyclic) bond motifs is 1. The van der Waals surface area contributed by atoms with Crippen molar-refractivity contribution in [1.29, 1.82) is 0 Å². The SMILES string of the molecule is Cc1cccc(-c2noc(CSc3nc4c(-c5ccccc5)cn(C)c4c(=O)n3CCC(C)C)n2)c1.